The van der Waals surface area contributed by atoms with Gasteiger partial charge in [0.05, 0.1) is 29.4 Å². The number of nitrogens with one attached hydrogen (secondary N) is 1. The van der Waals surface area contributed by atoms with Crippen molar-refractivity contribution < 1.29 is 9.53 Å². The Morgan fingerprint density at radius 1 is 1.37 bits per heavy atom. The molecule has 1 N–H and O–H groups in total. The number of pyridine rings is 1. The Morgan fingerprint density at radius 2 is 2.20 bits per heavy atom. The molecule has 1 atom stereocenters. The number of methoxy groups -OCH3 is 1. The molecule has 158 valence electrons. The number of anilines is 1. The summed E-state index contributed by atoms with van der Waals surface area (Å²) in [5, 5.41) is 3.39. The van der Waals surface area contributed by atoms with E-state index in [1.165, 1.54) is 0 Å². The average Bonchev–Trinajstić information content (AvgIpc) is 3.33. The molecule has 1 aliphatic heterocycles. The number of benzene rings is 1. The lowest BCUT2D eigenvalue weighted by atomic mass is 10.1. The minimum absolute atomic E-state index is 0.132. The van der Waals surface area contributed by atoms with Gasteiger partial charge in [0.25, 0.3) is 0 Å². The number of likely N-dealkylation sites (tertiary alicyclic amines) is 1. The average molecular weight is 428 g/mol. The first-order valence-electron chi connectivity index (χ1n) is 10.2. The number of hydrogen-bond donors (Lipinski definition) is 1. The highest BCUT2D eigenvalue weighted by atomic mass is 35.5. The van der Waals surface area contributed by atoms with E-state index in [0.29, 0.717) is 35.5 Å². The first kappa shape index (κ1) is 20.5. The number of hydrogen-bond acceptors (Lipinski definition) is 4. The SMILES string of the molecule is COc1ccc(NC(=O)N2CCC(c3nc4ccncc4n3CC(C)C)C2)cc1Cl. The molecule has 0 aliphatic carbocycles. The van der Waals surface area contributed by atoms with Crippen molar-refractivity contribution in [3.05, 3.63) is 47.5 Å². The van der Waals surface area contributed by atoms with Gasteiger partial charge in [-0.2, -0.15) is 0 Å². The van der Waals surface area contributed by atoms with Crippen LogP contribution < -0.4 is 10.1 Å². The van der Waals surface area contributed by atoms with E-state index in [2.05, 4.69) is 28.7 Å². The summed E-state index contributed by atoms with van der Waals surface area (Å²) < 4.78 is 7.43. The number of halogens is 1. The minimum atomic E-state index is -0.132. The summed E-state index contributed by atoms with van der Waals surface area (Å²) in [7, 11) is 1.56. The van der Waals surface area contributed by atoms with Gasteiger partial charge in [-0.05, 0) is 36.6 Å². The standard InChI is InChI=1S/C22H26ClN5O2/c1-14(2)12-28-19-11-24-8-6-18(19)26-21(28)15-7-9-27(13-15)22(29)25-16-4-5-20(30-3)17(23)10-16/h4-6,8,10-11,14-15H,7,9,12-13H2,1-3H3,(H,25,29). The van der Waals surface area contributed by atoms with E-state index in [1.54, 1.807) is 31.5 Å². The molecule has 7 nitrogen and oxygen atoms in total. The van der Waals surface area contributed by atoms with Crippen molar-refractivity contribution in [1.29, 1.82) is 0 Å². The van der Waals surface area contributed by atoms with Crippen molar-refractivity contribution >= 4 is 34.4 Å². The molecule has 1 aliphatic rings. The van der Waals surface area contributed by atoms with Gasteiger partial charge in [-0.25, -0.2) is 9.78 Å². The van der Waals surface area contributed by atoms with Gasteiger partial charge in [0.1, 0.15) is 11.6 Å². The van der Waals surface area contributed by atoms with Crippen LogP contribution in [0.4, 0.5) is 10.5 Å². The van der Waals surface area contributed by atoms with Crippen LogP contribution in [-0.2, 0) is 6.54 Å². The van der Waals surface area contributed by atoms with Crippen LogP contribution in [0.3, 0.4) is 0 Å². The van der Waals surface area contributed by atoms with Crippen molar-refractivity contribution in [2.75, 3.05) is 25.5 Å². The van der Waals surface area contributed by atoms with Crippen LogP contribution in [-0.4, -0.2) is 45.7 Å². The van der Waals surface area contributed by atoms with Crippen molar-refractivity contribution in [2.24, 2.45) is 5.92 Å². The van der Waals surface area contributed by atoms with E-state index < -0.39 is 0 Å². The van der Waals surface area contributed by atoms with Crippen molar-refractivity contribution in [1.82, 2.24) is 19.4 Å². The van der Waals surface area contributed by atoms with Gasteiger partial charge in [0.2, 0.25) is 0 Å². The molecule has 1 unspecified atom stereocenters. The molecule has 0 saturated carbocycles. The van der Waals surface area contributed by atoms with E-state index in [1.807, 2.05) is 17.2 Å². The number of carbonyl (C=O) groups is 1. The number of rotatable bonds is 5. The van der Waals surface area contributed by atoms with Crippen LogP contribution >= 0.6 is 11.6 Å². The van der Waals surface area contributed by atoms with Crippen LogP contribution in [0.1, 0.15) is 32.0 Å². The number of urea groups is 1. The monoisotopic (exact) mass is 427 g/mol. The van der Waals surface area contributed by atoms with Crippen LogP contribution in [0.2, 0.25) is 5.02 Å². The first-order valence-corrected chi connectivity index (χ1v) is 10.5. The van der Waals surface area contributed by atoms with Gasteiger partial charge >= 0.3 is 6.03 Å². The highest BCUT2D eigenvalue weighted by Crippen LogP contribution is 2.31. The molecule has 4 rings (SSSR count). The fourth-order valence-corrected chi connectivity index (χ4v) is 4.22. The number of aromatic nitrogens is 3. The summed E-state index contributed by atoms with van der Waals surface area (Å²) in [6.07, 6.45) is 4.53. The molecule has 0 bridgehead atoms. The largest absolute Gasteiger partial charge is 0.495 e. The lowest BCUT2D eigenvalue weighted by molar-refractivity contribution is 0.222. The summed E-state index contributed by atoms with van der Waals surface area (Å²) in [6, 6.07) is 7.04. The van der Waals surface area contributed by atoms with Gasteiger partial charge < -0.3 is 19.5 Å². The van der Waals surface area contributed by atoms with E-state index in [4.69, 9.17) is 21.3 Å². The molecule has 0 radical (unpaired) electrons. The Balaban J connectivity index is 1.50. The maximum absolute atomic E-state index is 12.8. The van der Waals surface area contributed by atoms with Crippen LogP contribution in [0, 0.1) is 5.92 Å². The summed E-state index contributed by atoms with van der Waals surface area (Å²) >= 11 is 6.17. The van der Waals surface area contributed by atoms with E-state index >= 15 is 0 Å². The predicted octanol–water partition coefficient (Wildman–Crippen LogP) is 4.77. The third-order valence-corrected chi connectivity index (χ3v) is 5.67. The summed E-state index contributed by atoms with van der Waals surface area (Å²) in [6.45, 7) is 6.58. The number of ether oxygens (including phenoxy) is 1. The highest BCUT2D eigenvalue weighted by molar-refractivity contribution is 6.32. The number of nitrogens with zero attached hydrogens (tertiary/aromatic N) is 4. The Hall–Kier alpha value is -2.80. The van der Waals surface area contributed by atoms with Crippen LogP contribution in [0.5, 0.6) is 5.75 Å². The smallest absolute Gasteiger partial charge is 0.321 e. The third kappa shape index (κ3) is 4.07. The van der Waals surface area contributed by atoms with E-state index in [-0.39, 0.29) is 11.9 Å². The van der Waals surface area contributed by atoms with Gasteiger partial charge in [-0.3, -0.25) is 4.98 Å². The van der Waals surface area contributed by atoms with Gasteiger partial charge in [0.15, 0.2) is 0 Å². The molecule has 8 heteroatoms. The normalized spacial score (nSPS) is 16.4. The summed E-state index contributed by atoms with van der Waals surface area (Å²) in [5.74, 6) is 2.30. The lowest BCUT2D eigenvalue weighted by Gasteiger charge is -2.19. The number of imidazole rings is 1. The quantitative estimate of drug-likeness (QED) is 0.636. The second-order valence-corrected chi connectivity index (χ2v) is 8.46. The van der Waals surface area contributed by atoms with Gasteiger partial charge in [0, 0.05) is 37.4 Å². The topological polar surface area (TPSA) is 72.3 Å². The summed E-state index contributed by atoms with van der Waals surface area (Å²) in [5.41, 5.74) is 2.65. The molecule has 30 heavy (non-hydrogen) atoms. The van der Waals surface area contributed by atoms with Crippen molar-refractivity contribution in [3.63, 3.8) is 0 Å². The highest BCUT2D eigenvalue weighted by Gasteiger charge is 2.31. The van der Waals surface area contributed by atoms with Crippen LogP contribution in [0.15, 0.2) is 36.7 Å². The van der Waals surface area contributed by atoms with Crippen LogP contribution in [0.25, 0.3) is 11.0 Å². The zero-order valence-electron chi connectivity index (χ0n) is 17.4. The fourth-order valence-electron chi connectivity index (χ4n) is 3.96. The second kappa shape index (κ2) is 8.52. The molecule has 2 amide bonds. The zero-order chi connectivity index (χ0) is 21.3. The predicted molar refractivity (Wildman–Crippen MR) is 118 cm³/mol. The maximum atomic E-state index is 12.8. The first-order chi connectivity index (χ1) is 14.5. The third-order valence-electron chi connectivity index (χ3n) is 5.37. The minimum Gasteiger partial charge on any atom is -0.495 e. The molecule has 1 fully saturated rings. The zero-order valence-corrected chi connectivity index (χ0v) is 18.2. The number of amides is 2. The molecule has 3 aromatic rings. The number of carbonyl (C=O) groups excluding carboxylic acids is 1. The van der Waals surface area contributed by atoms with E-state index in [9.17, 15) is 4.79 Å². The van der Waals surface area contributed by atoms with Crippen molar-refractivity contribution in [2.45, 2.75) is 32.7 Å². The second-order valence-electron chi connectivity index (χ2n) is 8.05. The maximum Gasteiger partial charge on any atom is 0.321 e. The van der Waals surface area contributed by atoms with Gasteiger partial charge in [-0.15, -0.1) is 0 Å². The Labute approximate surface area is 181 Å². The molecule has 1 aromatic carbocycles. The molecule has 1 saturated heterocycles. The molecule has 0 spiro atoms. The molecule has 3 heterocycles. The Morgan fingerprint density at radius 3 is 2.93 bits per heavy atom. The Kier molecular flexibility index (Phi) is 5.81. The molecular formula is C22H26ClN5O2. The lowest BCUT2D eigenvalue weighted by Crippen LogP contribution is -2.33. The molecule has 2 aromatic heterocycles. The number of fused-ring (bicyclic) bond motifs is 1. The van der Waals surface area contributed by atoms with E-state index in [0.717, 1.165) is 29.8 Å². The fraction of sp³-hybridized carbons (Fsp3) is 0.409. The molecular weight excluding hydrogens is 402 g/mol. The van der Waals surface area contributed by atoms with Gasteiger partial charge in [-0.1, -0.05) is 25.4 Å². The Bertz CT molecular complexity index is 1060. The summed E-state index contributed by atoms with van der Waals surface area (Å²) in [4.78, 5) is 23.8. The van der Waals surface area contributed by atoms with Crippen molar-refractivity contribution in [3.8, 4) is 5.75 Å².